The predicted molar refractivity (Wildman–Crippen MR) is 24.1 cm³/mol. The van der Waals surface area contributed by atoms with E-state index in [0.717, 1.165) is 0 Å². The maximum atomic E-state index is 9.50. The van der Waals surface area contributed by atoms with Crippen LogP contribution in [0.25, 0.3) is 0 Å². The van der Waals surface area contributed by atoms with Crippen molar-refractivity contribution in [1.82, 2.24) is 0 Å². The molecule has 0 heterocycles. The van der Waals surface area contributed by atoms with Crippen molar-refractivity contribution in [1.29, 1.82) is 0 Å². The molecule has 0 aromatic carbocycles. The van der Waals surface area contributed by atoms with Gasteiger partial charge in [-0.25, -0.2) is 0 Å². The summed E-state index contributed by atoms with van der Waals surface area (Å²) in [5.41, 5.74) is 0. The highest BCUT2D eigenvalue weighted by atomic mass is 35.5. The lowest BCUT2D eigenvalue weighted by Crippen LogP contribution is -1.46. The van der Waals surface area contributed by atoms with E-state index in [1.54, 1.807) is 0 Å². The molecule has 0 unspecified atom stereocenters. The zero-order chi connectivity index (χ0) is 5.58. The van der Waals surface area contributed by atoms with Gasteiger partial charge in [-0.3, -0.25) is 9.18 Å². The SMILES string of the molecule is CF.O=C(Cl)Cl. The van der Waals surface area contributed by atoms with Crippen molar-refractivity contribution in [3.63, 3.8) is 0 Å². The van der Waals surface area contributed by atoms with Crippen LogP contribution in [0.2, 0.25) is 0 Å². The van der Waals surface area contributed by atoms with Gasteiger partial charge < -0.3 is 0 Å². The van der Waals surface area contributed by atoms with Crippen LogP contribution < -0.4 is 0 Å². The van der Waals surface area contributed by atoms with Gasteiger partial charge in [-0.05, 0) is 23.2 Å². The molecule has 0 saturated carbocycles. The third-order valence-electron chi connectivity index (χ3n) is 0. The van der Waals surface area contributed by atoms with Crippen LogP contribution in [-0.2, 0) is 0 Å². The van der Waals surface area contributed by atoms with Gasteiger partial charge in [0.1, 0.15) is 0 Å². The molecule has 0 atom stereocenters. The molecule has 0 N–H and O–H groups in total. The van der Waals surface area contributed by atoms with Gasteiger partial charge in [-0.15, -0.1) is 0 Å². The van der Waals surface area contributed by atoms with Crippen molar-refractivity contribution in [2.75, 3.05) is 7.18 Å². The second kappa shape index (κ2) is 8.95. The molecule has 0 aromatic rings. The predicted octanol–water partition coefficient (Wildman–Crippen LogP) is 2.17. The molecule has 38 valence electrons. The summed E-state index contributed by atoms with van der Waals surface area (Å²) >= 11 is 8.80. The molecule has 4 heteroatoms. The van der Waals surface area contributed by atoms with E-state index in [1.807, 2.05) is 0 Å². The van der Waals surface area contributed by atoms with E-state index in [0.29, 0.717) is 7.18 Å². The second-order valence-electron chi connectivity index (χ2n) is 0.226. The first-order chi connectivity index (χ1) is 2.73. The molecule has 0 radical (unpaired) electrons. The van der Waals surface area contributed by atoms with Crippen LogP contribution >= 0.6 is 23.2 Å². The zero-order valence-corrected chi connectivity index (χ0v) is 4.55. The Balaban J connectivity index is 0. The smallest absolute Gasteiger partial charge is 0.262 e. The largest absolute Gasteiger partial charge is 0.313 e. The quantitative estimate of drug-likeness (QED) is 0.462. The van der Waals surface area contributed by atoms with Crippen molar-refractivity contribution in [3.8, 4) is 0 Å². The average molecular weight is 133 g/mol. The van der Waals surface area contributed by atoms with Gasteiger partial charge in [0.25, 0.3) is 0 Å². The van der Waals surface area contributed by atoms with E-state index >= 15 is 0 Å². The summed E-state index contributed by atoms with van der Waals surface area (Å²) in [6.45, 7) is 0. The van der Waals surface area contributed by atoms with Gasteiger partial charge in [0, 0.05) is 0 Å². The van der Waals surface area contributed by atoms with Crippen molar-refractivity contribution >= 4 is 27.9 Å². The van der Waals surface area contributed by atoms with E-state index in [1.165, 1.54) is 0 Å². The molecule has 0 amide bonds. The van der Waals surface area contributed by atoms with Gasteiger partial charge in [-0.2, -0.15) is 0 Å². The number of carbonyl (C=O) groups is 1. The lowest BCUT2D eigenvalue weighted by molar-refractivity contribution is 0.275. The topological polar surface area (TPSA) is 17.1 Å². The summed E-state index contributed by atoms with van der Waals surface area (Å²) in [6, 6.07) is 0. The Labute approximate surface area is 45.0 Å². The molecule has 0 fully saturated rings. The highest BCUT2D eigenvalue weighted by Gasteiger charge is 1.72. The molecule has 0 bridgehead atoms. The Hall–Kier alpha value is 0.180. The fourth-order valence-electron chi connectivity index (χ4n) is 0. The molecule has 0 aliphatic heterocycles. The van der Waals surface area contributed by atoms with Crippen molar-refractivity contribution in [2.24, 2.45) is 0 Å². The number of rotatable bonds is 0. The van der Waals surface area contributed by atoms with Crippen molar-refractivity contribution < 1.29 is 9.18 Å². The van der Waals surface area contributed by atoms with Crippen LogP contribution in [-0.4, -0.2) is 11.9 Å². The monoisotopic (exact) mass is 132 g/mol. The first kappa shape index (κ1) is 9.49. The minimum absolute atomic E-state index is 0.500. The minimum Gasteiger partial charge on any atom is -0.262 e. The maximum absolute atomic E-state index is 9.50. The van der Waals surface area contributed by atoms with Crippen molar-refractivity contribution in [3.05, 3.63) is 0 Å². The molecule has 0 aromatic heterocycles. The Morgan fingerprint density at radius 2 is 1.50 bits per heavy atom. The number of halogens is 3. The van der Waals surface area contributed by atoms with Gasteiger partial charge in [0.15, 0.2) is 0 Å². The molecule has 6 heavy (non-hydrogen) atoms. The first-order valence-electron chi connectivity index (χ1n) is 0.960. The Bertz CT molecular complexity index is 34.5. The number of hydrogen-bond donors (Lipinski definition) is 0. The molecule has 0 aliphatic rings. The van der Waals surface area contributed by atoms with Crippen LogP contribution in [0.3, 0.4) is 0 Å². The number of alkyl halides is 1. The fraction of sp³-hybridized carbons (Fsp3) is 0.500. The summed E-state index contributed by atoms with van der Waals surface area (Å²) in [5, 5.41) is 0. The number of hydrogen-bond acceptors (Lipinski definition) is 1. The van der Waals surface area contributed by atoms with E-state index < -0.39 is 4.70 Å². The normalized spacial score (nSPS) is 5.33. The summed E-state index contributed by atoms with van der Waals surface area (Å²) in [4.78, 5) is 8.98. The molecule has 1 nitrogen and oxygen atoms in total. The van der Waals surface area contributed by atoms with Crippen LogP contribution in [0.4, 0.5) is 9.18 Å². The van der Waals surface area contributed by atoms with Gasteiger partial charge in [-0.1, -0.05) is 0 Å². The molecule has 0 rings (SSSR count). The van der Waals surface area contributed by atoms with E-state index in [4.69, 9.17) is 4.79 Å². The molecular weight excluding hydrogens is 130 g/mol. The highest BCUT2D eigenvalue weighted by molar-refractivity contribution is 6.93. The molecule has 0 saturated heterocycles. The third kappa shape index (κ3) is 1300. The zero-order valence-electron chi connectivity index (χ0n) is 3.04. The molecule has 0 aliphatic carbocycles. The van der Waals surface area contributed by atoms with Crippen LogP contribution in [0, 0.1) is 0 Å². The summed E-state index contributed by atoms with van der Waals surface area (Å²) < 4.78 is 8.61. The van der Waals surface area contributed by atoms with E-state index in [9.17, 15) is 4.39 Å². The second-order valence-corrected chi connectivity index (χ2v) is 1.11. The summed E-state index contributed by atoms with van der Waals surface area (Å²) in [7, 11) is 0.500. The van der Waals surface area contributed by atoms with E-state index in [-0.39, 0.29) is 0 Å². The van der Waals surface area contributed by atoms with E-state index in [2.05, 4.69) is 23.2 Å². The molecule has 0 spiro atoms. The average Bonchev–Trinajstić information content (AvgIpc) is 1.41. The Morgan fingerprint density at radius 1 is 1.50 bits per heavy atom. The van der Waals surface area contributed by atoms with Crippen LogP contribution in [0.5, 0.6) is 0 Å². The minimum atomic E-state index is -0.889. The Morgan fingerprint density at radius 3 is 1.50 bits per heavy atom. The Kier molecular flexibility index (Phi) is 14.2. The van der Waals surface area contributed by atoms with Gasteiger partial charge in [0.05, 0.1) is 7.18 Å². The van der Waals surface area contributed by atoms with Crippen molar-refractivity contribution in [2.45, 2.75) is 0 Å². The standard InChI is InChI=1S/CCl2O.CH3F/c2-1(3)4;1-2/h;1H3. The summed E-state index contributed by atoms with van der Waals surface area (Å²) in [6.07, 6.45) is 0. The lowest BCUT2D eigenvalue weighted by Gasteiger charge is -1.48. The highest BCUT2D eigenvalue weighted by Crippen LogP contribution is 1.84. The molecular formula is C2H3Cl2FO. The number of carbonyl (C=O) groups excluding carboxylic acids is 1. The summed E-state index contributed by atoms with van der Waals surface area (Å²) in [5.74, 6) is 0. The van der Waals surface area contributed by atoms with Crippen LogP contribution in [0.15, 0.2) is 0 Å². The van der Waals surface area contributed by atoms with Crippen LogP contribution in [0.1, 0.15) is 0 Å². The third-order valence-corrected chi connectivity index (χ3v) is 0. The van der Waals surface area contributed by atoms with Gasteiger partial charge >= 0.3 is 4.70 Å². The fourth-order valence-corrected chi connectivity index (χ4v) is 0. The van der Waals surface area contributed by atoms with Gasteiger partial charge in [0.2, 0.25) is 0 Å². The lowest BCUT2D eigenvalue weighted by atomic mass is 11.8. The maximum Gasteiger partial charge on any atom is 0.313 e. The first-order valence-corrected chi connectivity index (χ1v) is 1.72.